The number of benzene rings is 1. The van der Waals surface area contributed by atoms with Crippen molar-refractivity contribution in [2.75, 3.05) is 31.5 Å². The molecule has 0 saturated carbocycles. The molecule has 5 amide bonds. The predicted octanol–water partition coefficient (Wildman–Crippen LogP) is 0.433. The number of ketones is 1. The number of rotatable bonds is 5. The van der Waals surface area contributed by atoms with E-state index in [2.05, 4.69) is 25.9 Å². The Balaban J connectivity index is 1.50. The van der Waals surface area contributed by atoms with Gasteiger partial charge in [0, 0.05) is 43.3 Å². The second-order valence-electron chi connectivity index (χ2n) is 8.61. The number of carbonyl (C=O) groups excluding carboxylic acids is 5. The van der Waals surface area contributed by atoms with Crippen LogP contribution in [0.2, 0.25) is 0 Å². The first-order valence-corrected chi connectivity index (χ1v) is 11.7. The Kier molecular flexibility index (Phi) is 7.52. The van der Waals surface area contributed by atoms with E-state index in [-0.39, 0.29) is 37.0 Å². The molecule has 3 N–H and O–H groups in total. The molecule has 2 atom stereocenters. The fourth-order valence-corrected chi connectivity index (χ4v) is 4.16. The number of anilines is 1. The topological polar surface area (TPSA) is 154 Å². The molecular weight excluding hydrogens is 466 g/mol. The molecule has 12 nitrogen and oxygen atoms in total. The maximum Gasteiger partial charge on any atom is 0.321 e. The normalized spacial score (nSPS) is 19.8. The highest BCUT2D eigenvalue weighted by molar-refractivity contribution is 5.98. The van der Waals surface area contributed by atoms with Gasteiger partial charge in [0.25, 0.3) is 5.91 Å². The van der Waals surface area contributed by atoms with Gasteiger partial charge >= 0.3 is 6.03 Å². The molecular formula is C24H27N7O5. The minimum absolute atomic E-state index is 0.0779. The van der Waals surface area contributed by atoms with Crippen molar-refractivity contribution in [3.05, 3.63) is 54.1 Å². The van der Waals surface area contributed by atoms with Crippen molar-refractivity contribution in [3.63, 3.8) is 0 Å². The van der Waals surface area contributed by atoms with Gasteiger partial charge in [-0.3, -0.25) is 24.2 Å². The Bertz CT molecular complexity index is 1160. The molecule has 0 bridgehead atoms. The summed E-state index contributed by atoms with van der Waals surface area (Å²) in [7, 11) is 0. The Morgan fingerprint density at radius 3 is 2.53 bits per heavy atom. The van der Waals surface area contributed by atoms with Gasteiger partial charge in [0.1, 0.15) is 17.8 Å². The molecule has 36 heavy (non-hydrogen) atoms. The van der Waals surface area contributed by atoms with E-state index in [0.29, 0.717) is 24.2 Å². The summed E-state index contributed by atoms with van der Waals surface area (Å²) in [6, 6.07) is 4.27. The summed E-state index contributed by atoms with van der Waals surface area (Å²) >= 11 is 0. The number of aromatic nitrogens is 2. The molecule has 2 aliphatic rings. The summed E-state index contributed by atoms with van der Waals surface area (Å²) < 4.78 is 0. The first-order valence-electron chi connectivity index (χ1n) is 11.7. The van der Waals surface area contributed by atoms with Crippen LogP contribution < -0.4 is 16.0 Å². The quantitative estimate of drug-likeness (QED) is 0.511. The molecule has 2 fully saturated rings. The van der Waals surface area contributed by atoms with Gasteiger partial charge in [-0.1, -0.05) is 0 Å². The van der Waals surface area contributed by atoms with Crippen molar-refractivity contribution in [1.29, 1.82) is 0 Å². The number of hydrogen-bond donors (Lipinski definition) is 3. The lowest BCUT2D eigenvalue weighted by atomic mass is 10.0. The second-order valence-corrected chi connectivity index (χ2v) is 8.61. The van der Waals surface area contributed by atoms with E-state index >= 15 is 0 Å². The minimum Gasteiger partial charge on any atom is -0.354 e. The Labute approximate surface area is 207 Å². The lowest BCUT2D eigenvalue weighted by molar-refractivity contribution is -0.133. The van der Waals surface area contributed by atoms with Crippen molar-refractivity contribution in [2.45, 2.75) is 31.8 Å². The zero-order valence-electron chi connectivity index (χ0n) is 19.8. The number of hydrogen-bond acceptors (Lipinski definition) is 7. The Hall–Kier alpha value is -4.35. The van der Waals surface area contributed by atoms with Crippen LogP contribution in [0.1, 0.15) is 40.6 Å². The molecule has 2 aliphatic heterocycles. The largest absolute Gasteiger partial charge is 0.354 e. The first kappa shape index (κ1) is 24.8. The number of piperidine rings is 1. The summed E-state index contributed by atoms with van der Waals surface area (Å²) in [4.78, 5) is 73.8. The summed E-state index contributed by atoms with van der Waals surface area (Å²) in [5.74, 6) is -1.38. The lowest BCUT2D eigenvalue weighted by Crippen LogP contribution is -2.64. The van der Waals surface area contributed by atoms with Crippen molar-refractivity contribution < 1.29 is 24.0 Å². The maximum absolute atomic E-state index is 13.3. The van der Waals surface area contributed by atoms with Crippen LogP contribution >= 0.6 is 0 Å². The van der Waals surface area contributed by atoms with Crippen LogP contribution in [0.4, 0.5) is 10.5 Å². The number of piperazine rings is 1. The van der Waals surface area contributed by atoms with Crippen LogP contribution in [0.15, 0.2) is 42.9 Å². The van der Waals surface area contributed by atoms with Crippen LogP contribution in [-0.2, 0) is 9.59 Å². The highest BCUT2D eigenvalue weighted by atomic mass is 16.2. The Morgan fingerprint density at radius 1 is 1.08 bits per heavy atom. The van der Waals surface area contributed by atoms with Crippen molar-refractivity contribution >= 4 is 35.2 Å². The number of nitrogens with one attached hydrogen (secondary N) is 3. The van der Waals surface area contributed by atoms with Gasteiger partial charge in [0.2, 0.25) is 11.8 Å². The zero-order chi connectivity index (χ0) is 25.7. The van der Waals surface area contributed by atoms with Crippen LogP contribution in [0, 0.1) is 0 Å². The van der Waals surface area contributed by atoms with E-state index in [1.807, 2.05) is 0 Å². The molecule has 2 saturated heterocycles. The molecule has 0 aliphatic carbocycles. The molecule has 1 aromatic carbocycles. The van der Waals surface area contributed by atoms with Crippen molar-refractivity contribution in [2.24, 2.45) is 0 Å². The summed E-state index contributed by atoms with van der Waals surface area (Å²) in [6.45, 7) is 2.19. The van der Waals surface area contributed by atoms with Crippen LogP contribution in [0.3, 0.4) is 0 Å². The second kappa shape index (κ2) is 10.9. The molecule has 0 radical (unpaired) electrons. The van der Waals surface area contributed by atoms with E-state index in [1.54, 1.807) is 24.3 Å². The third kappa shape index (κ3) is 5.65. The van der Waals surface area contributed by atoms with Gasteiger partial charge in [-0.15, -0.1) is 0 Å². The van der Waals surface area contributed by atoms with Gasteiger partial charge in [-0.2, -0.15) is 0 Å². The number of amides is 5. The van der Waals surface area contributed by atoms with E-state index in [0.717, 1.165) is 6.42 Å². The zero-order valence-corrected chi connectivity index (χ0v) is 19.8. The maximum atomic E-state index is 13.3. The minimum atomic E-state index is -1.03. The molecule has 12 heteroatoms. The monoisotopic (exact) mass is 493 g/mol. The average molecular weight is 494 g/mol. The molecule has 2 aromatic rings. The highest BCUT2D eigenvalue weighted by Crippen LogP contribution is 2.17. The van der Waals surface area contributed by atoms with E-state index in [4.69, 9.17) is 0 Å². The number of urea groups is 1. The van der Waals surface area contributed by atoms with E-state index in [1.165, 1.54) is 35.3 Å². The third-order valence-corrected chi connectivity index (χ3v) is 6.16. The molecule has 0 unspecified atom stereocenters. The van der Waals surface area contributed by atoms with Crippen molar-refractivity contribution in [1.82, 2.24) is 30.4 Å². The average Bonchev–Trinajstić information content (AvgIpc) is 2.90. The lowest BCUT2D eigenvalue weighted by Gasteiger charge is -2.40. The van der Waals surface area contributed by atoms with Gasteiger partial charge in [-0.25, -0.2) is 9.78 Å². The van der Waals surface area contributed by atoms with E-state index in [9.17, 15) is 24.0 Å². The number of Topliss-reactive ketones (excluding diaryl/α,β-unsaturated/α-hetero) is 1. The highest BCUT2D eigenvalue weighted by Gasteiger charge is 2.39. The van der Waals surface area contributed by atoms with Gasteiger partial charge in [-0.05, 0) is 44.0 Å². The number of carbonyl (C=O) groups is 5. The van der Waals surface area contributed by atoms with Gasteiger partial charge < -0.3 is 25.8 Å². The number of nitrogens with zero attached hydrogens (tertiary/aromatic N) is 4. The Morgan fingerprint density at radius 2 is 1.86 bits per heavy atom. The summed E-state index contributed by atoms with van der Waals surface area (Å²) in [5.41, 5.74) is 1.09. The molecule has 3 heterocycles. The van der Waals surface area contributed by atoms with Crippen molar-refractivity contribution in [3.8, 4) is 0 Å². The third-order valence-electron chi connectivity index (χ3n) is 6.16. The van der Waals surface area contributed by atoms with Gasteiger partial charge in [0.15, 0.2) is 5.78 Å². The fourth-order valence-electron chi connectivity index (χ4n) is 4.16. The first-order chi connectivity index (χ1) is 17.3. The van der Waals surface area contributed by atoms with Crippen LogP contribution in [0.5, 0.6) is 0 Å². The van der Waals surface area contributed by atoms with Crippen LogP contribution in [0.25, 0.3) is 0 Å². The molecule has 188 valence electrons. The summed E-state index contributed by atoms with van der Waals surface area (Å²) in [6.07, 6.45) is 5.35. The summed E-state index contributed by atoms with van der Waals surface area (Å²) in [5, 5.41) is 8.20. The standard InChI is InChI=1S/C24H27N7O5/c1-15(32)16-4-6-17(7-5-16)28-24(36)30-11-12-31(23(35)19-13-25-9-10-26-19)20(14-30)22(34)29-18-3-2-8-27-21(18)33/h4-7,9-10,13,18,20H,2-3,8,11-12,14H2,1H3,(H,27,33)(H,28,36)(H,29,34)/t18-,20-/m0/s1. The predicted molar refractivity (Wildman–Crippen MR) is 128 cm³/mol. The van der Waals surface area contributed by atoms with Gasteiger partial charge in [0.05, 0.1) is 12.7 Å². The molecule has 0 spiro atoms. The fraction of sp³-hybridized carbons (Fsp3) is 0.375. The molecule has 1 aromatic heterocycles. The van der Waals surface area contributed by atoms with Crippen LogP contribution in [-0.4, -0.2) is 87.6 Å². The SMILES string of the molecule is CC(=O)c1ccc(NC(=O)N2CCN(C(=O)c3cnccn3)[C@H](C(=O)N[C@H]3CCCNC3=O)C2)cc1. The van der Waals surface area contributed by atoms with E-state index < -0.39 is 29.9 Å². The smallest absolute Gasteiger partial charge is 0.321 e. The molecule has 4 rings (SSSR count).